The average Bonchev–Trinajstić information content (AvgIpc) is 2.00. The number of ketones is 1. The van der Waals surface area contributed by atoms with E-state index >= 15 is 0 Å². The molecule has 12 heavy (non-hydrogen) atoms. The first-order valence-corrected chi connectivity index (χ1v) is 3.92. The van der Waals surface area contributed by atoms with E-state index in [1.54, 1.807) is 13.8 Å². The Morgan fingerprint density at radius 3 is 2.83 bits per heavy atom. The van der Waals surface area contributed by atoms with E-state index in [1.807, 2.05) is 0 Å². The standard InChI is InChI=1S/C8H14O4/c1-5-7(10)8(2,11-3)4-6(9)12-5/h5-6,9H,4H2,1-3H3/t5-,6?,8+/m0/s1. The van der Waals surface area contributed by atoms with Crippen LogP contribution in [0.15, 0.2) is 0 Å². The number of hydrogen-bond donors (Lipinski definition) is 1. The highest BCUT2D eigenvalue weighted by Crippen LogP contribution is 2.26. The lowest BCUT2D eigenvalue weighted by Gasteiger charge is -2.36. The van der Waals surface area contributed by atoms with Gasteiger partial charge in [0.05, 0.1) is 0 Å². The Morgan fingerprint density at radius 1 is 1.75 bits per heavy atom. The molecule has 0 amide bonds. The van der Waals surface area contributed by atoms with Crippen LogP contribution < -0.4 is 0 Å². The van der Waals surface area contributed by atoms with Crippen LogP contribution in [0, 0.1) is 0 Å². The largest absolute Gasteiger partial charge is 0.370 e. The van der Waals surface area contributed by atoms with Crippen molar-refractivity contribution < 1.29 is 19.4 Å². The summed E-state index contributed by atoms with van der Waals surface area (Å²) >= 11 is 0. The van der Waals surface area contributed by atoms with E-state index in [0.717, 1.165) is 0 Å². The molecule has 0 spiro atoms. The lowest BCUT2D eigenvalue weighted by molar-refractivity contribution is -0.210. The van der Waals surface area contributed by atoms with Crippen molar-refractivity contribution in [3.8, 4) is 0 Å². The first kappa shape index (κ1) is 9.64. The summed E-state index contributed by atoms with van der Waals surface area (Å²) in [6, 6.07) is 0. The molecule has 1 unspecified atom stereocenters. The number of carbonyl (C=O) groups excluding carboxylic acids is 1. The van der Waals surface area contributed by atoms with Crippen molar-refractivity contribution in [2.75, 3.05) is 7.11 Å². The normalized spacial score (nSPS) is 43.2. The number of ether oxygens (including phenoxy) is 2. The molecule has 1 aliphatic rings. The third kappa shape index (κ3) is 1.50. The van der Waals surface area contributed by atoms with Crippen molar-refractivity contribution in [1.82, 2.24) is 0 Å². The number of methoxy groups -OCH3 is 1. The molecule has 3 atom stereocenters. The minimum absolute atomic E-state index is 0.115. The molecular formula is C8H14O4. The molecule has 0 bridgehead atoms. The van der Waals surface area contributed by atoms with Gasteiger partial charge < -0.3 is 14.6 Å². The molecule has 4 nitrogen and oxygen atoms in total. The van der Waals surface area contributed by atoms with E-state index in [2.05, 4.69) is 0 Å². The third-order valence-corrected chi connectivity index (χ3v) is 2.27. The summed E-state index contributed by atoms with van der Waals surface area (Å²) in [7, 11) is 1.46. The molecule has 0 radical (unpaired) electrons. The minimum atomic E-state index is -0.900. The van der Waals surface area contributed by atoms with Gasteiger partial charge in [-0.3, -0.25) is 4.79 Å². The van der Waals surface area contributed by atoms with Crippen LogP contribution in [0.25, 0.3) is 0 Å². The predicted molar refractivity (Wildman–Crippen MR) is 41.6 cm³/mol. The van der Waals surface area contributed by atoms with E-state index in [-0.39, 0.29) is 12.2 Å². The highest BCUT2D eigenvalue weighted by Gasteiger charge is 2.43. The lowest BCUT2D eigenvalue weighted by atomic mass is 9.90. The third-order valence-electron chi connectivity index (χ3n) is 2.27. The van der Waals surface area contributed by atoms with Crippen LogP contribution in [0.2, 0.25) is 0 Å². The SMILES string of the molecule is CO[C@]1(C)CC(O)O[C@@H](C)C1=O. The summed E-state index contributed by atoms with van der Waals surface area (Å²) in [6.45, 7) is 3.28. The second-order valence-electron chi connectivity index (χ2n) is 3.24. The first-order chi connectivity index (χ1) is 5.49. The fraction of sp³-hybridized carbons (Fsp3) is 0.875. The van der Waals surface area contributed by atoms with Gasteiger partial charge in [-0.1, -0.05) is 0 Å². The van der Waals surface area contributed by atoms with Gasteiger partial charge in [0.2, 0.25) is 0 Å². The summed E-state index contributed by atoms with van der Waals surface area (Å²) in [5.41, 5.74) is -0.892. The average molecular weight is 174 g/mol. The molecule has 1 heterocycles. The maximum atomic E-state index is 11.5. The monoisotopic (exact) mass is 174 g/mol. The highest BCUT2D eigenvalue weighted by atomic mass is 16.6. The van der Waals surface area contributed by atoms with Gasteiger partial charge in [0.25, 0.3) is 0 Å². The van der Waals surface area contributed by atoms with Crippen molar-refractivity contribution in [3.05, 3.63) is 0 Å². The smallest absolute Gasteiger partial charge is 0.192 e. The van der Waals surface area contributed by atoms with Gasteiger partial charge >= 0.3 is 0 Å². The molecule has 70 valence electrons. The van der Waals surface area contributed by atoms with Crippen LogP contribution in [0.3, 0.4) is 0 Å². The second kappa shape index (κ2) is 3.12. The molecule has 0 aromatic carbocycles. The predicted octanol–water partition coefficient (Wildman–Crippen LogP) is 0.0878. The number of aliphatic hydroxyl groups excluding tert-OH is 1. The topological polar surface area (TPSA) is 55.8 Å². The van der Waals surface area contributed by atoms with E-state index in [9.17, 15) is 9.90 Å². The van der Waals surface area contributed by atoms with Crippen LogP contribution >= 0.6 is 0 Å². The Balaban J connectivity index is 2.79. The van der Waals surface area contributed by atoms with Crippen LogP contribution in [0.1, 0.15) is 20.3 Å². The van der Waals surface area contributed by atoms with E-state index in [4.69, 9.17) is 9.47 Å². The van der Waals surface area contributed by atoms with Gasteiger partial charge in [-0.25, -0.2) is 0 Å². The number of aliphatic hydroxyl groups is 1. The van der Waals surface area contributed by atoms with Gasteiger partial charge in [0.1, 0.15) is 11.7 Å². The van der Waals surface area contributed by atoms with Gasteiger partial charge in [0.15, 0.2) is 12.1 Å². The van der Waals surface area contributed by atoms with Crippen molar-refractivity contribution in [2.24, 2.45) is 0 Å². The molecular weight excluding hydrogens is 160 g/mol. The molecule has 0 aromatic heterocycles. The van der Waals surface area contributed by atoms with E-state index in [1.165, 1.54) is 7.11 Å². The second-order valence-corrected chi connectivity index (χ2v) is 3.24. The Hall–Kier alpha value is -0.450. The van der Waals surface area contributed by atoms with E-state index in [0.29, 0.717) is 0 Å². The molecule has 1 rings (SSSR count). The van der Waals surface area contributed by atoms with Crippen LogP contribution in [0.4, 0.5) is 0 Å². The zero-order valence-corrected chi connectivity index (χ0v) is 7.53. The van der Waals surface area contributed by atoms with Gasteiger partial charge in [-0.15, -0.1) is 0 Å². The van der Waals surface area contributed by atoms with Gasteiger partial charge in [-0.2, -0.15) is 0 Å². The van der Waals surface area contributed by atoms with Crippen molar-refractivity contribution in [3.63, 3.8) is 0 Å². The van der Waals surface area contributed by atoms with Crippen molar-refractivity contribution in [1.29, 1.82) is 0 Å². The first-order valence-electron chi connectivity index (χ1n) is 3.92. The van der Waals surface area contributed by atoms with Gasteiger partial charge in [0, 0.05) is 13.5 Å². The molecule has 1 N–H and O–H groups in total. The summed E-state index contributed by atoms with van der Waals surface area (Å²) < 4.78 is 9.96. The highest BCUT2D eigenvalue weighted by molar-refractivity contribution is 5.91. The molecule has 1 fully saturated rings. The number of rotatable bonds is 1. The minimum Gasteiger partial charge on any atom is -0.370 e. The van der Waals surface area contributed by atoms with Crippen molar-refractivity contribution in [2.45, 2.75) is 38.3 Å². The number of Topliss-reactive ketones (excluding diaryl/α,β-unsaturated/α-hetero) is 1. The summed E-state index contributed by atoms with van der Waals surface area (Å²) in [6.07, 6.45) is -1.28. The Morgan fingerprint density at radius 2 is 2.33 bits per heavy atom. The molecule has 0 aromatic rings. The molecule has 0 aliphatic carbocycles. The van der Waals surface area contributed by atoms with Gasteiger partial charge in [-0.05, 0) is 13.8 Å². The maximum Gasteiger partial charge on any atom is 0.192 e. The Labute approximate surface area is 71.5 Å². The molecule has 1 aliphatic heterocycles. The summed E-state index contributed by atoms with van der Waals surface area (Å²) in [4.78, 5) is 11.5. The zero-order valence-electron chi connectivity index (χ0n) is 7.53. The quantitative estimate of drug-likeness (QED) is 0.612. The van der Waals surface area contributed by atoms with Crippen LogP contribution in [-0.4, -0.2) is 36.0 Å². The summed E-state index contributed by atoms with van der Waals surface area (Å²) in [5, 5.41) is 9.21. The molecule has 4 heteroatoms. The Kier molecular flexibility index (Phi) is 2.51. The lowest BCUT2D eigenvalue weighted by Crippen LogP contribution is -2.52. The van der Waals surface area contributed by atoms with E-state index < -0.39 is 18.0 Å². The maximum absolute atomic E-state index is 11.5. The number of hydrogen-bond acceptors (Lipinski definition) is 4. The van der Waals surface area contributed by atoms with Crippen LogP contribution in [-0.2, 0) is 14.3 Å². The fourth-order valence-corrected chi connectivity index (χ4v) is 1.39. The molecule has 1 saturated heterocycles. The van der Waals surface area contributed by atoms with Crippen LogP contribution in [0.5, 0.6) is 0 Å². The Bertz CT molecular complexity index is 191. The fourth-order valence-electron chi connectivity index (χ4n) is 1.39. The van der Waals surface area contributed by atoms with Crippen molar-refractivity contribution >= 4 is 5.78 Å². The summed E-state index contributed by atoms with van der Waals surface area (Å²) in [5.74, 6) is -0.115. The zero-order chi connectivity index (χ0) is 9.35. The number of carbonyl (C=O) groups is 1. The molecule has 0 saturated carbocycles.